The molecule has 0 spiro atoms. The number of hydrogen-bond acceptors (Lipinski definition) is 3. The number of likely N-dealkylation sites (N-methyl/N-ethyl adjacent to an activating group) is 1. The average Bonchev–Trinajstić information content (AvgIpc) is 2.70. The Labute approximate surface area is 157 Å². The second kappa shape index (κ2) is 7.90. The molecule has 0 fully saturated rings. The highest BCUT2D eigenvalue weighted by molar-refractivity contribution is 5.72. The summed E-state index contributed by atoms with van der Waals surface area (Å²) in [5.74, 6) is 0. The number of alkyl halides is 1. The van der Waals surface area contributed by atoms with Crippen LogP contribution >= 0.6 is 0 Å². The molecule has 0 unspecified atom stereocenters. The van der Waals surface area contributed by atoms with Crippen molar-refractivity contribution in [3.8, 4) is 0 Å². The minimum Gasteiger partial charge on any atom is -0.373 e. The smallest absolute Gasteiger partial charge is 0.147 e. The van der Waals surface area contributed by atoms with Gasteiger partial charge in [0.2, 0.25) is 0 Å². The van der Waals surface area contributed by atoms with E-state index in [9.17, 15) is 4.39 Å². The normalized spacial score (nSPS) is 16.2. The molecule has 0 radical (unpaired) electrons. The minimum absolute atomic E-state index is 0.417. The van der Waals surface area contributed by atoms with Crippen molar-refractivity contribution in [2.45, 2.75) is 39.8 Å². The summed E-state index contributed by atoms with van der Waals surface area (Å²) in [6.45, 7) is 17.4. The maximum absolute atomic E-state index is 14.2. The van der Waals surface area contributed by atoms with Gasteiger partial charge in [-0.15, -0.1) is 0 Å². The maximum Gasteiger partial charge on any atom is 0.147 e. The van der Waals surface area contributed by atoms with Gasteiger partial charge in [0.15, 0.2) is 0 Å². The van der Waals surface area contributed by atoms with Gasteiger partial charge in [0, 0.05) is 37.7 Å². The van der Waals surface area contributed by atoms with Crippen LogP contribution in [-0.4, -0.2) is 34.9 Å². The highest BCUT2D eigenvalue weighted by Crippen LogP contribution is 2.26. The number of halogens is 1. The van der Waals surface area contributed by atoms with Crippen LogP contribution in [0, 0.1) is 0 Å². The summed E-state index contributed by atoms with van der Waals surface area (Å²) >= 11 is 0. The van der Waals surface area contributed by atoms with Crippen LogP contribution in [-0.2, 0) is 5.67 Å². The molecule has 1 aromatic rings. The van der Waals surface area contributed by atoms with Crippen LogP contribution in [0.15, 0.2) is 60.7 Å². The molecule has 0 amide bonds. The number of allylic oxidation sites excluding steroid dienone is 5. The summed E-state index contributed by atoms with van der Waals surface area (Å²) in [7, 11) is 2.10. The second-order valence-electron chi connectivity index (χ2n) is 7.39. The van der Waals surface area contributed by atoms with Crippen molar-refractivity contribution in [1.29, 1.82) is 0 Å². The average molecular weight is 356 g/mol. The lowest BCUT2D eigenvalue weighted by atomic mass is 10.0. The van der Waals surface area contributed by atoms with Crippen molar-refractivity contribution < 1.29 is 4.39 Å². The number of nitrogens with zero attached hydrogens (tertiary/aromatic N) is 3. The van der Waals surface area contributed by atoms with E-state index in [1.165, 1.54) is 19.5 Å². The first-order chi connectivity index (χ1) is 12.1. The van der Waals surface area contributed by atoms with Crippen molar-refractivity contribution in [2.24, 2.45) is 0 Å². The molecular weight excluding hydrogens is 325 g/mol. The molecule has 3 nitrogen and oxygen atoms in total. The highest BCUT2D eigenvalue weighted by Gasteiger charge is 2.21. The van der Waals surface area contributed by atoms with Crippen LogP contribution in [0.4, 0.5) is 4.39 Å². The molecule has 0 aromatic carbocycles. The van der Waals surface area contributed by atoms with Gasteiger partial charge in [-0.05, 0) is 63.5 Å². The predicted octanol–water partition coefficient (Wildman–Crippen LogP) is 5.26. The third-order valence-corrected chi connectivity index (χ3v) is 4.71. The molecule has 1 aromatic heterocycles. The quantitative estimate of drug-likeness (QED) is 0.672. The molecule has 0 N–H and O–H groups in total. The number of aromatic nitrogens is 1. The standard InChI is InChI=1S/C22H30FN3/c1-16(2)26-14-8-13-25(7)20(18(26)4)10-9-17(3)19-11-12-24-21(15-19)22(5,6)23/h9-12,15H,1,3,8,13-14H2,2,4-7H3/b10-9-. The lowest BCUT2D eigenvalue weighted by Gasteiger charge is -2.26. The van der Waals surface area contributed by atoms with E-state index in [0.29, 0.717) is 5.69 Å². The third-order valence-electron chi connectivity index (χ3n) is 4.71. The van der Waals surface area contributed by atoms with Crippen LogP contribution in [0.2, 0.25) is 0 Å². The molecule has 0 saturated carbocycles. The van der Waals surface area contributed by atoms with Crippen LogP contribution in [0.1, 0.15) is 45.4 Å². The highest BCUT2D eigenvalue weighted by atomic mass is 19.1. The van der Waals surface area contributed by atoms with Crippen LogP contribution in [0.25, 0.3) is 5.57 Å². The van der Waals surface area contributed by atoms with Gasteiger partial charge >= 0.3 is 0 Å². The Morgan fingerprint density at radius 3 is 2.62 bits per heavy atom. The van der Waals surface area contributed by atoms with Crippen LogP contribution in [0.5, 0.6) is 0 Å². The number of rotatable bonds is 5. The van der Waals surface area contributed by atoms with Gasteiger partial charge < -0.3 is 9.80 Å². The summed E-state index contributed by atoms with van der Waals surface area (Å²) in [4.78, 5) is 8.64. The van der Waals surface area contributed by atoms with Crippen LogP contribution in [0.3, 0.4) is 0 Å². The van der Waals surface area contributed by atoms with Gasteiger partial charge in [0.05, 0.1) is 11.4 Å². The van der Waals surface area contributed by atoms with Gasteiger partial charge in [-0.1, -0.05) is 19.2 Å². The van der Waals surface area contributed by atoms with E-state index in [0.717, 1.165) is 42.0 Å². The molecule has 0 aliphatic carbocycles. The summed E-state index contributed by atoms with van der Waals surface area (Å²) in [6.07, 6.45) is 6.79. The third kappa shape index (κ3) is 4.63. The summed E-state index contributed by atoms with van der Waals surface area (Å²) in [5, 5.41) is 0. The zero-order valence-electron chi connectivity index (χ0n) is 16.6. The Hall–Kier alpha value is -2.36. The summed E-state index contributed by atoms with van der Waals surface area (Å²) in [5.41, 5.74) is 4.03. The van der Waals surface area contributed by atoms with Gasteiger partial charge in [-0.3, -0.25) is 4.98 Å². The topological polar surface area (TPSA) is 19.4 Å². The fourth-order valence-electron chi connectivity index (χ4n) is 3.12. The maximum atomic E-state index is 14.2. The first-order valence-electron chi connectivity index (χ1n) is 8.99. The van der Waals surface area contributed by atoms with E-state index in [4.69, 9.17) is 0 Å². The monoisotopic (exact) mass is 355 g/mol. The van der Waals surface area contributed by atoms with Gasteiger partial charge in [-0.2, -0.15) is 0 Å². The van der Waals surface area contributed by atoms with Crippen LogP contribution < -0.4 is 0 Å². The molecule has 2 heterocycles. The Morgan fingerprint density at radius 2 is 2.00 bits per heavy atom. The lowest BCUT2D eigenvalue weighted by molar-refractivity contribution is 0.214. The van der Waals surface area contributed by atoms with Gasteiger partial charge in [-0.25, -0.2) is 4.39 Å². The molecule has 140 valence electrons. The molecule has 2 rings (SSSR count). The predicted molar refractivity (Wildman–Crippen MR) is 108 cm³/mol. The zero-order valence-corrected chi connectivity index (χ0v) is 16.6. The van der Waals surface area contributed by atoms with E-state index in [2.05, 4.69) is 48.0 Å². The second-order valence-corrected chi connectivity index (χ2v) is 7.39. The molecule has 0 saturated heterocycles. The molecular formula is C22H30FN3. The Balaban J connectivity index is 2.31. The molecule has 26 heavy (non-hydrogen) atoms. The Bertz CT molecular complexity index is 753. The first kappa shape index (κ1) is 20.0. The molecule has 1 aliphatic rings. The number of hydrogen-bond donors (Lipinski definition) is 0. The molecule has 1 aliphatic heterocycles. The van der Waals surface area contributed by atoms with Crippen molar-refractivity contribution in [2.75, 3.05) is 20.1 Å². The number of pyridine rings is 1. The Morgan fingerprint density at radius 1 is 1.31 bits per heavy atom. The van der Waals surface area contributed by atoms with Gasteiger partial charge in [0.1, 0.15) is 5.67 Å². The molecule has 0 bridgehead atoms. The van der Waals surface area contributed by atoms with Crippen molar-refractivity contribution in [3.63, 3.8) is 0 Å². The van der Waals surface area contributed by atoms with Crippen molar-refractivity contribution in [3.05, 3.63) is 72.0 Å². The van der Waals surface area contributed by atoms with E-state index in [1.54, 1.807) is 12.3 Å². The largest absolute Gasteiger partial charge is 0.373 e. The van der Waals surface area contributed by atoms with E-state index in [-0.39, 0.29) is 0 Å². The van der Waals surface area contributed by atoms with Crippen molar-refractivity contribution >= 4 is 5.57 Å². The SMILES string of the molecule is C=C(/C=C\C1=C(C)N(C(=C)C)CCCN1C)c1ccnc(C(C)(C)F)c1. The Kier molecular flexibility index (Phi) is 6.06. The summed E-state index contributed by atoms with van der Waals surface area (Å²) in [6, 6.07) is 3.63. The zero-order chi connectivity index (χ0) is 19.5. The van der Waals surface area contributed by atoms with Gasteiger partial charge in [0.25, 0.3) is 0 Å². The van der Waals surface area contributed by atoms with E-state index >= 15 is 0 Å². The molecule has 4 heteroatoms. The fraction of sp³-hybridized carbons (Fsp3) is 0.409. The lowest BCUT2D eigenvalue weighted by Crippen LogP contribution is -2.20. The minimum atomic E-state index is -1.47. The van der Waals surface area contributed by atoms with E-state index in [1.807, 2.05) is 19.1 Å². The molecule has 0 atom stereocenters. The first-order valence-corrected chi connectivity index (χ1v) is 8.99. The fourth-order valence-corrected chi connectivity index (χ4v) is 3.12. The summed E-state index contributed by atoms with van der Waals surface area (Å²) < 4.78 is 14.2. The van der Waals surface area contributed by atoms with Crippen molar-refractivity contribution in [1.82, 2.24) is 14.8 Å². The van der Waals surface area contributed by atoms with E-state index < -0.39 is 5.67 Å².